The fourth-order valence-corrected chi connectivity index (χ4v) is 2.37. The van der Waals surface area contributed by atoms with E-state index < -0.39 is 11.2 Å². The number of carboxylic acid groups (broad SMARTS) is 1. The number of rotatable bonds is 4. The average Bonchev–Trinajstić information content (AvgIpc) is 2.15. The lowest BCUT2D eigenvalue weighted by molar-refractivity contribution is -0.137. The van der Waals surface area contributed by atoms with E-state index in [1.165, 1.54) is 18.1 Å². The molecule has 0 spiro atoms. The van der Waals surface area contributed by atoms with Crippen LogP contribution in [0.4, 0.5) is 0 Å². The third-order valence-electron chi connectivity index (χ3n) is 1.72. The van der Waals surface area contributed by atoms with Crippen LogP contribution in [0.2, 0.25) is 0 Å². The number of nitrogens with zero attached hydrogens (tertiary/aromatic N) is 2. The van der Waals surface area contributed by atoms with Crippen molar-refractivity contribution in [3.05, 3.63) is 17.0 Å². The zero-order valence-electron chi connectivity index (χ0n) is 8.35. The first-order valence-electron chi connectivity index (χ1n) is 4.37. The van der Waals surface area contributed by atoms with Gasteiger partial charge < -0.3 is 5.11 Å². The molecule has 0 fully saturated rings. The second-order valence-corrected chi connectivity index (χ2v) is 5.28. The molecule has 0 radical (unpaired) electrons. The van der Waals surface area contributed by atoms with Gasteiger partial charge in [0.05, 0.1) is 4.47 Å². The normalized spacial score (nSPS) is 12.8. The number of hydrogen-bond donors (Lipinski definition) is 1. The molecule has 0 aliphatic carbocycles. The Labute approximate surface area is 101 Å². The molecule has 1 atom stereocenters. The Morgan fingerprint density at radius 1 is 1.60 bits per heavy atom. The molecule has 1 heterocycles. The van der Waals surface area contributed by atoms with Gasteiger partial charge in [0.15, 0.2) is 0 Å². The molecule has 1 aromatic rings. The fourth-order valence-electron chi connectivity index (χ4n) is 0.980. The van der Waals surface area contributed by atoms with E-state index in [9.17, 15) is 4.79 Å². The van der Waals surface area contributed by atoms with E-state index in [0.29, 0.717) is 5.03 Å². The fraction of sp³-hybridized carbons (Fsp3) is 0.444. The molecule has 0 saturated heterocycles. The number of carboxylic acids is 1. The molecule has 0 amide bonds. The van der Waals surface area contributed by atoms with Crippen molar-refractivity contribution in [1.29, 1.82) is 0 Å². The van der Waals surface area contributed by atoms with Gasteiger partial charge in [0.2, 0.25) is 0 Å². The van der Waals surface area contributed by atoms with Gasteiger partial charge in [0.1, 0.15) is 16.6 Å². The van der Waals surface area contributed by atoms with Crippen LogP contribution >= 0.6 is 27.7 Å². The van der Waals surface area contributed by atoms with Crippen molar-refractivity contribution in [1.82, 2.24) is 9.97 Å². The van der Waals surface area contributed by atoms with E-state index >= 15 is 0 Å². The van der Waals surface area contributed by atoms with E-state index in [4.69, 9.17) is 5.11 Å². The Hall–Kier alpha value is -0.620. The predicted molar refractivity (Wildman–Crippen MR) is 61.9 cm³/mol. The van der Waals surface area contributed by atoms with Crippen molar-refractivity contribution in [3.8, 4) is 0 Å². The summed E-state index contributed by atoms with van der Waals surface area (Å²) >= 11 is 4.52. The van der Waals surface area contributed by atoms with Crippen LogP contribution in [0.3, 0.4) is 0 Å². The molecule has 1 aromatic heterocycles. The number of thioether (sulfide) groups is 1. The highest BCUT2D eigenvalue weighted by Gasteiger charge is 2.24. The maximum atomic E-state index is 11.0. The summed E-state index contributed by atoms with van der Waals surface area (Å²) in [5.41, 5.74) is 0. The Kier molecular flexibility index (Phi) is 4.53. The summed E-state index contributed by atoms with van der Waals surface area (Å²) in [7, 11) is 0. The molecule has 15 heavy (non-hydrogen) atoms. The molecule has 4 nitrogen and oxygen atoms in total. The van der Waals surface area contributed by atoms with Gasteiger partial charge in [0.25, 0.3) is 0 Å². The van der Waals surface area contributed by atoms with Gasteiger partial charge in [-0.05, 0) is 21.8 Å². The predicted octanol–water partition coefficient (Wildman–Crippen LogP) is 2.44. The van der Waals surface area contributed by atoms with E-state index in [-0.39, 0.29) is 5.92 Å². The maximum Gasteiger partial charge on any atom is 0.317 e. The van der Waals surface area contributed by atoms with Gasteiger partial charge in [-0.15, -0.1) is 0 Å². The molecular formula is C9H11BrN2O2S. The molecule has 1 N–H and O–H groups in total. The standard InChI is InChI=1S/C9H11BrN2O2S/c1-5(2)7(9(13)14)15-8-6(10)3-11-4-12-8/h3-5,7H,1-2H3,(H,13,14). The largest absolute Gasteiger partial charge is 0.480 e. The molecular weight excluding hydrogens is 280 g/mol. The third-order valence-corrected chi connectivity index (χ3v) is 4.11. The Bertz CT molecular complexity index is 360. The number of carbonyl (C=O) groups is 1. The number of hydrogen-bond acceptors (Lipinski definition) is 4. The topological polar surface area (TPSA) is 63.1 Å². The number of aromatic nitrogens is 2. The van der Waals surface area contributed by atoms with Gasteiger partial charge in [0, 0.05) is 6.20 Å². The average molecular weight is 291 g/mol. The van der Waals surface area contributed by atoms with Gasteiger partial charge in [-0.25, -0.2) is 9.97 Å². The molecule has 6 heteroatoms. The summed E-state index contributed by atoms with van der Waals surface area (Å²) in [4.78, 5) is 18.8. The first-order chi connectivity index (χ1) is 7.02. The van der Waals surface area contributed by atoms with Gasteiger partial charge in [-0.1, -0.05) is 25.6 Å². The number of aliphatic carboxylic acids is 1. The van der Waals surface area contributed by atoms with Gasteiger partial charge in [-0.3, -0.25) is 4.79 Å². The SMILES string of the molecule is CC(C)C(Sc1ncncc1Br)C(=O)O. The summed E-state index contributed by atoms with van der Waals surface area (Å²) in [6.07, 6.45) is 3.01. The van der Waals surface area contributed by atoms with Crippen LogP contribution in [0, 0.1) is 5.92 Å². The minimum Gasteiger partial charge on any atom is -0.480 e. The highest BCUT2D eigenvalue weighted by Crippen LogP contribution is 2.31. The summed E-state index contributed by atoms with van der Waals surface area (Å²) in [5.74, 6) is -0.769. The van der Waals surface area contributed by atoms with Crippen LogP contribution in [0.25, 0.3) is 0 Å². The first-order valence-corrected chi connectivity index (χ1v) is 6.04. The molecule has 1 unspecified atom stereocenters. The van der Waals surface area contributed by atoms with E-state index in [1.54, 1.807) is 6.20 Å². The minimum absolute atomic E-state index is 0.0503. The van der Waals surface area contributed by atoms with Gasteiger partial charge in [-0.2, -0.15) is 0 Å². The molecule has 0 aromatic carbocycles. The summed E-state index contributed by atoms with van der Waals surface area (Å²) in [5, 5.41) is 9.19. The monoisotopic (exact) mass is 290 g/mol. The van der Waals surface area contributed by atoms with E-state index in [2.05, 4.69) is 25.9 Å². The minimum atomic E-state index is -0.819. The lowest BCUT2D eigenvalue weighted by Crippen LogP contribution is -2.22. The molecule has 0 aliphatic rings. The molecule has 0 bridgehead atoms. The molecule has 1 rings (SSSR count). The smallest absolute Gasteiger partial charge is 0.317 e. The van der Waals surface area contributed by atoms with Crippen LogP contribution in [0.1, 0.15) is 13.8 Å². The summed E-state index contributed by atoms with van der Waals surface area (Å²) in [6.45, 7) is 3.75. The Balaban J connectivity index is 2.84. The van der Waals surface area contributed by atoms with Gasteiger partial charge >= 0.3 is 5.97 Å². The summed E-state index contributed by atoms with van der Waals surface area (Å²) in [6, 6.07) is 0. The lowest BCUT2D eigenvalue weighted by Gasteiger charge is -2.15. The highest BCUT2D eigenvalue weighted by molar-refractivity contribution is 9.10. The summed E-state index contributed by atoms with van der Waals surface area (Å²) < 4.78 is 0.724. The lowest BCUT2D eigenvalue weighted by atomic mass is 10.1. The van der Waals surface area contributed by atoms with Crippen LogP contribution in [-0.4, -0.2) is 26.3 Å². The quantitative estimate of drug-likeness (QED) is 0.682. The molecule has 0 aliphatic heterocycles. The molecule has 82 valence electrons. The zero-order valence-corrected chi connectivity index (χ0v) is 10.7. The Morgan fingerprint density at radius 3 is 2.73 bits per heavy atom. The maximum absolute atomic E-state index is 11.0. The first kappa shape index (κ1) is 12.4. The second kappa shape index (κ2) is 5.46. The second-order valence-electron chi connectivity index (χ2n) is 3.30. The highest BCUT2D eigenvalue weighted by atomic mass is 79.9. The number of halogens is 1. The van der Waals surface area contributed by atoms with Crippen LogP contribution in [0.5, 0.6) is 0 Å². The van der Waals surface area contributed by atoms with E-state index in [1.807, 2.05) is 13.8 Å². The van der Waals surface area contributed by atoms with E-state index in [0.717, 1.165) is 4.47 Å². The van der Waals surface area contributed by atoms with Crippen molar-refractivity contribution >= 4 is 33.7 Å². The van der Waals surface area contributed by atoms with Crippen molar-refractivity contribution in [2.75, 3.05) is 0 Å². The van der Waals surface area contributed by atoms with Crippen LogP contribution < -0.4 is 0 Å². The molecule has 0 saturated carbocycles. The van der Waals surface area contributed by atoms with Crippen molar-refractivity contribution in [2.45, 2.75) is 24.1 Å². The Morgan fingerprint density at radius 2 is 2.27 bits per heavy atom. The van der Waals surface area contributed by atoms with Crippen LogP contribution in [0.15, 0.2) is 22.0 Å². The van der Waals surface area contributed by atoms with Crippen LogP contribution in [-0.2, 0) is 4.79 Å². The van der Waals surface area contributed by atoms with Crippen molar-refractivity contribution in [3.63, 3.8) is 0 Å². The van der Waals surface area contributed by atoms with Crippen molar-refractivity contribution < 1.29 is 9.90 Å². The van der Waals surface area contributed by atoms with Crippen molar-refractivity contribution in [2.24, 2.45) is 5.92 Å². The third kappa shape index (κ3) is 3.46. The zero-order chi connectivity index (χ0) is 11.4.